The standard InChI is InChI=1S/C16H31NSSi4/c1-19(2,3)22(20(4,5)6,21(7,8)9)16-17-14-12-10-11-13-15(14)18-16/h10-13H,1-9H3. The maximum Gasteiger partial charge on any atom is 0.103 e. The van der Waals surface area contributed by atoms with Gasteiger partial charge < -0.3 is 0 Å². The van der Waals surface area contributed by atoms with Crippen molar-refractivity contribution in [1.29, 1.82) is 0 Å². The summed E-state index contributed by atoms with van der Waals surface area (Å²) in [6.07, 6.45) is 0. The molecule has 0 bridgehead atoms. The van der Waals surface area contributed by atoms with Crippen molar-refractivity contribution >= 4 is 55.6 Å². The molecular weight excluding hydrogens is 351 g/mol. The summed E-state index contributed by atoms with van der Waals surface area (Å²) in [7, 11) is -3.90. The first kappa shape index (κ1) is 18.3. The number of nitrogens with zero attached hydrogens (tertiary/aromatic N) is 1. The molecule has 0 amide bonds. The van der Waals surface area contributed by atoms with Crippen LogP contribution in [0.4, 0.5) is 0 Å². The lowest BCUT2D eigenvalue weighted by atomic mass is 10.3. The fourth-order valence-corrected chi connectivity index (χ4v) is 113. The number of hydrogen-bond acceptors (Lipinski definition) is 2. The van der Waals surface area contributed by atoms with Gasteiger partial charge in [-0.25, -0.2) is 4.98 Å². The summed E-state index contributed by atoms with van der Waals surface area (Å²) in [6, 6.07) is 8.75. The predicted molar refractivity (Wildman–Crippen MR) is 115 cm³/mol. The van der Waals surface area contributed by atoms with Crippen LogP contribution in [-0.2, 0) is 0 Å². The van der Waals surface area contributed by atoms with Gasteiger partial charge in [0.2, 0.25) is 0 Å². The highest BCUT2D eigenvalue weighted by molar-refractivity contribution is 7.94. The van der Waals surface area contributed by atoms with Gasteiger partial charge in [-0.15, -0.1) is 11.3 Å². The zero-order valence-corrected chi connectivity index (χ0v) is 20.5. The molecule has 0 aliphatic heterocycles. The van der Waals surface area contributed by atoms with Gasteiger partial charge in [0.25, 0.3) is 0 Å². The largest absolute Gasteiger partial charge is 0.247 e. The second kappa shape index (κ2) is 5.51. The molecule has 0 spiro atoms. The van der Waals surface area contributed by atoms with E-state index in [2.05, 4.69) is 83.2 Å². The Hall–Kier alpha value is -0.0225. The van der Waals surface area contributed by atoms with Crippen LogP contribution in [0.3, 0.4) is 0 Å². The Balaban J connectivity index is 2.89. The minimum absolute atomic E-state index is 1.23. The molecule has 0 unspecified atom stereocenters. The van der Waals surface area contributed by atoms with Crippen LogP contribution in [0, 0.1) is 0 Å². The Labute approximate surface area is 143 Å². The number of thiazole rings is 1. The van der Waals surface area contributed by atoms with Crippen molar-refractivity contribution in [3.63, 3.8) is 0 Å². The fraction of sp³-hybridized carbons (Fsp3) is 0.562. The molecule has 1 heterocycles. The van der Waals surface area contributed by atoms with E-state index >= 15 is 0 Å². The summed E-state index contributed by atoms with van der Waals surface area (Å²) >= 11 is 2.04. The molecule has 1 aromatic heterocycles. The third-order valence-electron chi connectivity index (χ3n) is 4.99. The van der Waals surface area contributed by atoms with Crippen molar-refractivity contribution < 1.29 is 0 Å². The van der Waals surface area contributed by atoms with Gasteiger partial charge in [0.15, 0.2) is 0 Å². The van der Waals surface area contributed by atoms with Crippen LogP contribution in [0.25, 0.3) is 10.2 Å². The summed E-state index contributed by atoms with van der Waals surface area (Å²) in [5.41, 5.74) is 1.23. The Morgan fingerprint density at radius 3 is 1.59 bits per heavy atom. The van der Waals surface area contributed by atoms with E-state index in [1.807, 2.05) is 11.3 Å². The number of para-hydroxylation sites is 1. The van der Waals surface area contributed by atoms with Crippen LogP contribution in [0.15, 0.2) is 24.3 Å². The van der Waals surface area contributed by atoms with Crippen molar-refractivity contribution in [3.05, 3.63) is 24.3 Å². The first-order chi connectivity index (χ1) is 9.82. The van der Waals surface area contributed by atoms with Crippen molar-refractivity contribution in [1.82, 2.24) is 4.98 Å². The Morgan fingerprint density at radius 1 is 0.727 bits per heavy atom. The molecule has 0 fully saturated rings. The van der Waals surface area contributed by atoms with E-state index < -0.39 is 29.4 Å². The lowest BCUT2D eigenvalue weighted by Gasteiger charge is -2.55. The van der Waals surface area contributed by atoms with Crippen LogP contribution in [0.2, 0.25) is 58.9 Å². The first-order valence-corrected chi connectivity index (χ1v) is 24.5. The summed E-state index contributed by atoms with van der Waals surface area (Å²) < 4.78 is 3.00. The molecule has 0 aliphatic carbocycles. The molecule has 0 saturated carbocycles. The van der Waals surface area contributed by atoms with Gasteiger partial charge in [0, 0.05) is 22.8 Å². The summed E-state index contributed by atoms with van der Waals surface area (Å²) in [5, 5.41) is 0. The molecule has 1 aromatic carbocycles. The van der Waals surface area contributed by atoms with Crippen LogP contribution in [-0.4, -0.2) is 34.4 Å². The average Bonchev–Trinajstić information content (AvgIpc) is 2.65. The van der Waals surface area contributed by atoms with Gasteiger partial charge in [0.1, 0.15) is 6.63 Å². The number of hydrogen-bond donors (Lipinski definition) is 0. The molecule has 22 heavy (non-hydrogen) atoms. The van der Waals surface area contributed by atoms with E-state index in [9.17, 15) is 0 Å². The van der Waals surface area contributed by atoms with Crippen molar-refractivity contribution in [2.45, 2.75) is 58.9 Å². The molecule has 2 aromatic rings. The topological polar surface area (TPSA) is 12.9 Å². The van der Waals surface area contributed by atoms with E-state index in [0.717, 1.165) is 0 Å². The predicted octanol–water partition coefficient (Wildman–Crippen LogP) is 5.20. The van der Waals surface area contributed by atoms with Gasteiger partial charge in [-0.2, -0.15) is 0 Å². The lowest BCUT2D eigenvalue weighted by Crippen LogP contribution is -2.88. The quantitative estimate of drug-likeness (QED) is 0.663. The van der Waals surface area contributed by atoms with Crippen molar-refractivity contribution in [2.75, 3.05) is 0 Å². The molecule has 0 saturated heterocycles. The van der Waals surface area contributed by atoms with Crippen LogP contribution >= 0.6 is 11.3 Å². The second-order valence-electron chi connectivity index (χ2n) is 9.49. The van der Waals surface area contributed by atoms with E-state index in [1.165, 1.54) is 10.2 Å². The highest BCUT2D eigenvalue weighted by atomic mass is 32.1. The Kier molecular flexibility index (Phi) is 4.59. The SMILES string of the molecule is C[Si](C)(C)[Si](c1nc2ccccc2s1)([Si](C)(C)C)[Si](C)(C)C. The second-order valence-corrected chi connectivity index (χ2v) is 51.1. The van der Waals surface area contributed by atoms with Gasteiger partial charge >= 0.3 is 0 Å². The molecular formula is C16H31NSSi4. The average molecular weight is 382 g/mol. The highest BCUT2D eigenvalue weighted by Gasteiger charge is 2.64. The minimum atomic E-state index is -1.54. The maximum absolute atomic E-state index is 5.27. The van der Waals surface area contributed by atoms with E-state index in [1.54, 1.807) is 4.63 Å². The summed E-state index contributed by atoms with van der Waals surface area (Å²) in [5.74, 6) is 0. The normalized spacial score (nSPS) is 14.6. The van der Waals surface area contributed by atoms with Gasteiger partial charge in [-0.3, -0.25) is 0 Å². The van der Waals surface area contributed by atoms with E-state index in [-0.39, 0.29) is 0 Å². The Morgan fingerprint density at radius 2 is 1.18 bits per heavy atom. The fourth-order valence-electron chi connectivity index (χ4n) is 5.37. The Bertz CT molecular complexity index is 605. The number of rotatable bonds is 4. The highest BCUT2D eigenvalue weighted by Crippen LogP contribution is 2.38. The number of aromatic nitrogens is 1. The number of fused-ring (bicyclic) bond motifs is 1. The number of benzene rings is 1. The molecule has 122 valence electrons. The monoisotopic (exact) mass is 381 g/mol. The maximum atomic E-state index is 5.27. The van der Waals surface area contributed by atoms with Crippen LogP contribution < -0.4 is 4.63 Å². The van der Waals surface area contributed by atoms with Crippen molar-refractivity contribution in [3.8, 4) is 0 Å². The molecule has 2 rings (SSSR count). The zero-order valence-electron chi connectivity index (χ0n) is 15.7. The lowest BCUT2D eigenvalue weighted by molar-refractivity contribution is 1.54. The molecule has 0 N–H and O–H groups in total. The van der Waals surface area contributed by atoms with Crippen LogP contribution in [0.1, 0.15) is 0 Å². The van der Waals surface area contributed by atoms with Gasteiger partial charge in [0.05, 0.1) is 14.8 Å². The summed E-state index contributed by atoms with van der Waals surface area (Å²) in [4.78, 5) is 5.27. The van der Waals surface area contributed by atoms with Crippen LogP contribution in [0.5, 0.6) is 0 Å². The molecule has 1 nitrogen and oxygen atoms in total. The molecule has 0 radical (unpaired) electrons. The minimum Gasteiger partial charge on any atom is -0.247 e. The molecule has 6 heteroatoms. The van der Waals surface area contributed by atoms with Crippen molar-refractivity contribution in [2.24, 2.45) is 0 Å². The van der Waals surface area contributed by atoms with E-state index in [4.69, 9.17) is 4.98 Å². The van der Waals surface area contributed by atoms with E-state index in [0.29, 0.717) is 0 Å². The first-order valence-electron chi connectivity index (χ1n) is 8.18. The van der Waals surface area contributed by atoms with Gasteiger partial charge in [-0.05, 0) is 12.1 Å². The third kappa shape index (κ3) is 2.66. The van der Waals surface area contributed by atoms with Gasteiger partial charge in [-0.1, -0.05) is 71.1 Å². The summed E-state index contributed by atoms with van der Waals surface area (Å²) in [6.45, 7) is 22.2. The zero-order chi connectivity index (χ0) is 17.0. The molecule has 0 atom stereocenters. The smallest absolute Gasteiger partial charge is 0.103 e. The molecule has 0 aliphatic rings. The third-order valence-corrected chi connectivity index (χ3v) is 79.1.